The molecule has 142 valence electrons. The molecule has 0 unspecified atom stereocenters. The number of benzene rings is 1. The summed E-state index contributed by atoms with van der Waals surface area (Å²) < 4.78 is 11.0. The standard InChI is InChI=1S/C21H24N2O4/c1-15(2)23(14-17-5-3-4-10-22-17)21(25)9-7-18(24)16-6-8-19-20(13-16)27-12-11-26-19/h3-6,8,10,13,15H,7,9,11-12,14H2,1-2H3. The number of fused-ring (bicyclic) bond motifs is 1. The summed E-state index contributed by atoms with van der Waals surface area (Å²) >= 11 is 0. The van der Waals surface area contributed by atoms with Crippen LogP contribution in [0.4, 0.5) is 0 Å². The molecule has 0 fully saturated rings. The van der Waals surface area contributed by atoms with Crippen molar-refractivity contribution in [2.24, 2.45) is 0 Å². The van der Waals surface area contributed by atoms with Crippen molar-refractivity contribution in [1.82, 2.24) is 9.88 Å². The number of nitrogens with zero attached hydrogens (tertiary/aromatic N) is 2. The predicted molar refractivity (Wildman–Crippen MR) is 101 cm³/mol. The van der Waals surface area contributed by atoms with Gasteiger partial charge in [-0.3, -0.25) is 14.6 Å². The van der Waals surface area contributed by atoms with Crippen molar-refractivity contribution in [3.8, 4) is 11.5 Å². The Labute approximate surface area is 159 Å². The number of rotatable bonds is 7. The summed E-state index contributed by atoms with van der Waals surface area (Å²) in [5.74, 6) is 1.09. The Morgan fingerprint density at radius 2 is 1.85 bits per heavy atom. The Morgan fingerprint density at radius 1 is 1.07 bits per heavy atom. The highest BCUT2D eigenvalue weighted by Crippen LogP contribution is 2.31. The maximum absolute atomic E-state index is 12.7. The summed E-state index contributed by atoms with van der Waals surface area (Å²) in [5.41, 5.74) is 1.37. The van der Waals surface area contributed by atoms with Crippen LogP contribution < -0.4 is 9.47 Å². The van der Waals surface area contributed by atoms with E-state index in [1.54, 1.807) is 29.3 Å². The summed E-state index contributed by atoms with van der Waals surface area (Å²) in [6.07, 6.45) is 2.03. The second-order valence-electron chi connectivity index (χ2n) is 6.72. The SMILES string of the molecule is CC(C)N(Cc1ccccn1)C(=O)CCC(=O)c1ccc2c(c1)OCCO2. The first-order valence-corrected chi connectivity index (χ1v) is 9.17. The third kappa shape index (κ3) is 4.84. The highest BCUT2D eigenvalue weighted by molar-refractivity contribution is 5.98. The Balaban J connectivity index is 1.60. The van der Waals surface area contributed by atoms with Gasteiger partial charge in [0.2, 0.25) is 5.91 Å². The zero-order valence-corrected chi connectivity index (χ0v) is 15.7. The topological polar surface area (TPSA) is 68.7 Å². The first kappa shape index (κ1) is 18.9. The van der Waals surface area contributed by atoms with E-state index in [0.717, 1.165) is 5.69 Å². The van der Waals surface area contributed by atoms with Gasteiger partial charge in [-0.1, -0.05) is 6.07 Å². The van der Waals surface area contributed by atoms with Crippen molar-refractivity contribution in [2.45, 2.75) is 39.3 Å². The van der Waals surface area contributed by atoms with E-state index in [-0.39, 0.29) is 30.6 Å². The number of ether oxygens (including phenoxy) is 2. The monoisotopic (exact) mass is 368 g/mol. The van der Waals surface area contributed by atoms with E-state index in [9.17, 15) is 9.59 Å². The first-order chi connectivity index (χ1) is 13.0. The molecule has 1 aliphatic heterocycles. The fourth-order valence-corrected chi connectivity index (χ4v) is 2.95. The fraction of sp³-hybridized carbons (Fsp3) is 0.381. The number of ketones is 1. The molecule has 6 nitrogen and oxygen atoms in total. The number of Topliss-reactive ketones (excluding diaryl/α,β-unsaturated/α-hetero) is 1. The zero-order chi connectivity index (χ0) is 19.2. The highest BCUT2D eigenvalue weighted by atomic mass is 16.6. The minimum Gasteiger partial charge on any atom is -0.486 e. The van der Waals surface area contributed by atoms with Crippen LogP contribution in [0.3, 0.4) is 0 Å². The lowest BCUT2D eigenvalue weighted by molar-refractivity contribution is -0.133. The van der Waals surface area contributed by atoms with Gasteiger partial charge in [-0.05, 0) is 44.2 Å². The number of hydrogen-bond donors (Lipinski definition) is 0. The smallest absolute Gasteiger partial charge is 0.223 e. The molecule has 27 heavy (non-hydrogen) atoms. The summed E-state index contributed by atoms with van der Waals surface area (Å²) in [5, 5.41) is 0. The quantitative estimate of drug-likeness (QED) is 0.702. The van der Waals surface area contributed by atoms with Crippen LogP contribution in [-0.2, 0) is 11.3 Å². The average Bonchev–Trinajstić information content (AvgIpc) is 2.70. The lowest BCUT2D eigenvalue weighted by Crippen LogP contribution is -2.36. The van der Waals surface area contributed by atoms with Crippen LogP contribution >= 0.6 is 0 Å². The number of carbonyl (C=O) groups excluding carboxylic acids is 2. The summed E-state index contributed by atoms with van der Waals surface area (Å²) in [6, 6.07) is 10.8. The zero-order valence-electron chi connectivity index (χ0n) is 15.7. The minimum absolute atomic E-state index is 0.0314. The lowest BCUT2D eigenvalue weighted by Gasteiger charge is -2.26. The van der Waals surface area contributed by atoms with Crippen LogP contribution in [-0.4, -0.2) is 40.8 Å². The van der Waals surface area contributed by atoms with E-state index in [4.69, 9.17) is 9.47 Å². The van der Waals surface area contributed by atoms with Gasteiger partial charge in [0.15, 0.2) is 17.3 Å². The number of aromatic nitrogens is 1. The molecule has 0 saturated heterocycles. The molecule has 1 amide bonds. The number of pyridine rings is 1. The maximum Gasteiger partial charge on any atom is 0.223 e. The summed E-state index contributed by atoms with van der Waals surface area (Å²) in [4.78, 5) is 31.2. The number of amides is 1. The van der Waals surface area contributed by atoms with Gasteiger partial charge in [-0.15, -0.1) is 0 Å². The molecule has 3 rings (SSSR count). The largest absolute Gasteiger partial charge is 0.486 e. The van der Waals surface area contributed by atoms with Gasteiger partial charge in [0.05, 0.1) is 12.2 Å². The average molecular weight is 368 g/mol. The van der Waals surface area contributed by atoms with Gasteiger partial charge in [-0.2, -0.15) is 0 Å². The van der Waals surface area contributed by atoms with Gasteiger partial charge in [0.1, 0.15) is 13.2 Å². The second-order valence-corrected chi connectivity index (χ2v) is 6.72. The highest BCUT2D eigenvalue weighted by Gasteiger charge is 2.20. The molecular formula is C21H24N2O4. The maximum atomic E-state index is 12.7. The van der Waals surface area contributed by atoms with Crippen LogP contribution in [0.15, 0.2) is 42.6 Å². The van der Waals surface area contributed by atoms with Gasteiger partial charge >= 0.3 is 0 Å². The Hall–Kier alpha value is -2.89. The van der Waals surface area contributed by atoms with Crippen molar-refractivity contribution in [3.05, 3.63) is 53.9 Å². The predicted octanol–water partition coefficient (Wildman–Crippen LogP) is 3.25. The van der Waals surface area contributed by atoms with Gasteiger partial charge < -0.3 is 14.4 Å². The van der Waals surface area contributed by atoms with Crippen LogP contribution in [0, 0.1) is 0 Å². The first-order valence-electron chi connectivity index (χ1n) is 9.17. The van der Waals surface area contributed by atoms with Gasteiger partial charge in [0, 0.05) is 30.6 Å². The normalized spacial score (nSPS) is 12.7. The van der Waals surface area contributed by atoms with E-state index in [2.05, 4.69) is 4.98 Å². The van der Waals surface area contributed by atoms with Crippen molar-refractivity contribution < 1.29 is 19.1 Å². The molecule has 1 aromatic heterocycles. The number of carbonyl (C=O) groups is 2. The lowest BCUT2D eigenvalue weighted by atomic mass is 10.0. The van der Waals surface area contributed by atoms with Crippen LogP contribution in [0.25, 0.3) is 0 Å². The minimum atomic E-state index is -0.0816. The fourth-order valence-electron chi connectivity index (χ4n) is 2.95. The van der Waals surface area contributed by atoms with E-state index >= 15 is 0 Å². The number of hydrogen-bond acceptors (Lipinski definition) is 5. The van der Waals surface area contributed by atoms with Crippen LogP contribution in [0.2, 0.25) is 0 Å². The Bertz CT molecular complexity index is 805. The van der Waals surface area contributed by atoms with Crippen molar-refractivity contribution in [1.29, 1.82) is 0 Å². The molecule has 0 saturated carbocycles. The molecule has 6 heteroatoms. The molecule has 0 spiro atoms. The van der Waals surface area contributed by atoms with Crippen LogP contribution in [0.5, 0.6) is 11.5 Å². The van der Waals surface area contributed by atoms with Crippen molar-refractivity contribution in [3.63, 3.8) is 0 Å². The molecule has 2 heterocycles. The van der Waals surface area contributed by atoms with E-state index < -0.39 is 0 Å². The van der Waals surface area contributed by atoms with E-state index in [1.165, 1.54) is 0 Å². The van der Waals surface area contributed by atoms with Gasteiger partial charge in [-0.25, -0.2) is 0 Å². The molecule has 1 aliphatic rings. The second kappa shape index (κ2) is 8.66. The van der Waals surface area contributed by atoms with E-state index in [1.807, 2.05) is 32.0 Å². The van der Waals surface area contributed by atoms with Crippen molar-refractivity contribution >= 4 is 11.7 Å². The van der Waals surface area contributed by atoms with Crippen LogP contribution in [0.1, 0.15) is 42.7 Å². The summed E-state index contributed by atoms with van der Waals surface area (Å²) in [7, 11) is 0. The summed E-state index contributed by atoms with van der Waals surface area (Å²) in [6.45, 7) is 5.35. The molecule has 1 aromatic carbocycles. The Kier molecular flexibility index (Phi) is 6.06. The van der Waals surface area contributed by atoms with Crippen molar-refractivity contribution in [2.75, 3.05) is 13.2 Å². The molecule has 0 N–H and O–H groups in total. The third-order valence-electron chi connectivity index (χ3n) is 4.43. The molecule has 0 aliphatic carbocycles. The molecule has 0 bridgehead atoms. The van der Waals surface area contributed by atoms with E-state index in [0.29, 0.717) is 36.8 Å². The molecule has 0 radical (unpaired) electrons. The molecule has 2 aromatic rings. The third-order valence-corrected chi connectivity index (χ3v) is 4.43. The Morgan fingerprint density at radius 3 is 2.56 bits per heavy atom. The van der Waals surface area contributed by atoms with Gasteiger partial charge in [0.25, 0.3) is 0 Å². The molecule has 0 atom stereocenters. The molecular weight excluding hydrogens is 344 g/mol.